The molecule has 3 rings (SSSR count). The number of fused-ring (bicyclic) bond motifs is 1. The van der Waals surface area contributed by atoms with Crippen LogP contribution < -0.4 is 10.1 Å². The van der Waals surface area contributed by atoms with Gasteiger partial charge in [0.05, 0.1) is 28.4 Å². The lowest BCUT2D eigenvalue weighted by Crippen LogP contribution is -2.44. The number of nitrogens with zero attached hydrogens (tertiary/aromatic N) is 2. The van der Waals surface area contributed by atoms with E-state index < -0.39 is 8.07 Å². The zero-order valence-electron chi connectivity index (χ0n) is 20.4. The number of nitrogens with one attached hydrogen (secondary N) is 1. The summed E-state index contributed by atoms with van der Waals surface area (Å²) in [6, 6.07) is 6.30. The van der Waals surface area contributed by atoms with Crippen LogP contribution in [0.5, 0.6) is 5.75 Å². The average Bonchev–Trinajstić information content (AvgIpc) is 3.08. The smallest absolute Gasteiger partial charge is 0.210 e. The number of anilines is 1. The third-order valence-electron chi connectivity index (χ3n) is 6.05. The van der Waals surface area contributed by atoms with E-state index in [0.29, 0.717) is 24.7 Å². The zero-order chi connectivity index (χ0) is 22.8. The van der Waals surface area contributed by atoms with Crippen LogP contribution in [0.15, 0.2) is 28.2 Å². The molecule has 0 radical (unpaired) electrons. The standard InChI is InChI=1S/C24H39N3O3Si/c1-9-29-23-18(26-24(30-10-2)21(27-23)15(3)4)14-17-22(31(6,7)8)20-16(25-17)12-11-13-19(20)28-5/h11-13,15,17-18,21-22,25H,9-10,14H2,1-8H3/t17?,18-,21+,22?/m1/s1. The van der Waals surface area contributed by atoms with Gasteiger partial charge in [0.2, 0.25) is 11.8 Å². The molecule has 0 bridgehead atoms. The fourth-order valence-electron chi connectivity index (χ4n) is 4.83. The first-order valence-corrected chi connectivity index (χ1v) is 15.1. The molecule has 31 heavy (non-hydrogen) atoms. The van der Waals surface area contributed by atoms with Crippen LogP contribution in [-0.4, -0.2) is 58.3 Å². The van der Waals surface area contributed by atoms with Crippen LogP contribution in [-0.2, 0) is 9.47 Å². The van der Waals surface area contributed by atoms with Gasteiger partial charge in [-0.25, -0.2) is 9.98 Å². The normalized spacial score (nSPS) is 25.5. The first-order chi connectivity index (χ1) is 14.7. The maximum atomic E-state index is 6.00. The Morgan fingerprint density at radius 2 is 1.71 bits per heavy atom. The van der Waals surface area contributed by atoms with Crippen molar-refractivity contribution in [1.29, 1.82) is 0 Å². The van der Waals surface area contributed by atoms with Crippen molar-refractivity contribution >= 4 is 25.6 Å². The van der Waals surface area contributed by atoms with Crippen molar-refractivity contribution in [3.8, 4) is 5.75 Å². The van der Waals surface area contributed by atoms with Crippen molar-refractivity contribution in [3.05, 3.63) is 23.8 Å². The molecule has 0 spiro atoms. The molecule has 4 atom stereocenters. The van der Waals surface area contributed by atoms with E-state index in [1.807, 2.05) is 13.8 Å². The Labute approximate surface area is 188 Å². The predicted octanol–water partition coefficient (Wildman–Crippen LogP) is 5.12. The lowest BCUT2D eigenvalue weighted by molar-refractivity contribution is 0.273. The lowest BCUT2D eigenvalue weighted by atomic mass is 9.98. The van der Waals surface area contributed by atoms with E-state index in [1.54, 1.807) is 7.11 Å². The van der Waals surface area contributed by atoms with Gasteiger partial charge in [0.15, 0.2) is 0 Å². The van der Waals surface area contributed by atoms with Crippen molar-refractivity contribution in [2.45, 2.75) is 77.4 Å². The van der Waals surface area contributed by atoms with Crippen molar-refractivity contribution in [2.75, 3.05) is 25.6 Å². The van der Waals surface area contributed by atoms with Crippen LogP contribution in [0.4, 0.5) is 5.69 Å². The van der Waals surface area contributed by atoms with E-state index in [0.717, 1.165) is 24.0 Å². The van der Waals surface area contributed by atoms with Gasteiger partial charge in [0.25, 0.3) is 0 Å². The molecule has 172 valence electrons. The number of hydrogen-bond donors (Lipinski definition) is 1. The van der Waals surface area contributed by atoms with Gasteiger partial charge in [0.1, 0.15) is 17.8 Å². The molecule has 2 heterocycles. The first kappa shape index (κ1) is 23.6. The number of ether oxygens (including phenoxy) is 3. The SMILES string of the molecule is CCOC1=N[C@H](CC2Nc3cccc(OC)c3C2[Si](C)(C)C)C(OCC)=N[C@H]1C(C)C. The Morgan fingerprint density at radius 1 is 1.03 bits per heavy atom. The number of methoxy groups -OCH3 is 1. The van der Waals surface area contributed by atoms with Gasteiger partial charge in [-0.3, -0.25) is 0 Å². The Hall–Kier alpha value is -2.02. The zero-order valence-corrected chi connectivity index (χ0v) is 21.4. The molecule has 2 unspecified atom stereocenters. The Morgan fingerprint density at radius 3 is 2.29 bits per heavy atom. The third kappa shape index (κ3) is 4.91. The van der Waals surface area contributed by atoms with Gasteiger partial charge >= 0.3 is 0 Å². The van der Waals surface area contributed by atoms with E-state index in [9.17, 15) is 0 Å². The number of aliphatic imine (C=N–C) groups is 2. The molecular weight excluding hydrogens is 406 g/mol. The van der Waals surface area contributed by atoms with Gasteiger partial charge in [0, 0.05) is 22.8 Å². The summed E-state index contributed by atoms with van der Waals surface area (Å²) in [5.41, 5.74) is 2.90. The summed E-state index contributed by atoms with van der Waals surface area (Å²) in [4.78, 5) is 10.0. The molecule has 0 aliphatic carbocycles. The minimum Gasteiger partial charge on any atom is -0.496 e. The minimum absolute atomic E-state index is 0.0839. The maximum Gasteiger partial charge on any atom is 0.210 e. The second-order valence-corrected chi connectivity index (χ2v) is 15.1. The summed E-state index contributed by atoms with van der Waals surface area (Å²) in [6.45, 7) is 16.8. The van der Waals surface area contributed by atoms with Gasteiger partial charge in [-0.2, -0.15) is 0 Å². The largest absolute Gasteiger partial charge is 0.496 e. The highest BCUT2D eigenvalue weighted by Gasteiger charge is 2.45. The average molecular weight is 446 g/mol. The van der Waals surface area contributed by atoms with Crippen molar-refractivity contribution < 1.29 is 14.2 Å². The summed E-state index contributed by atoms with van der Waals surface area (Å²) in [5, 5.41) is 3.79. The Kier molecular flexibility index (Phi) is 7.34. The minimum atomic E-state index is -1.58. The molecule has 0 aromatic heterocycles. The number of rotatable bonds is 7. The van der Waals surface area contributed by atoms with Crippen molar-refractivity contribution in [2.24, 2.45) is 15.9 Å². The monoisotopic (exact) mass is 445 g/mol. The highest BCUT2D eigenvalue weighted by molar-refractivity contribution is 6.78. The molecule has 2 aliphatic heterocycles. The second kappa shape index (κ2) is 9.63. The van der Waals surface area contributed by atoms with Gasteiger partial charge in [-0.05, 0) is 38.3 Å². The fourth-order valence-corrected chi connectivity index (χ4v) is 7.42. The predicted molar refractivity (Wildman–Crippen MR) is 132 cm³/mol. The van der Waals surface area contributed by atoms with Gasteiger partial charge in [-0.15, -0.1) is 0 Å². The number of benzene rings is 1. The summed E-state index contributed by atoms with van der Waals surface area (Å²) in [6.07, 6.45) is 0.812. The summed E-state index contributed by atoms with van der Waals surface area (Å²) < 4.78 is 17.7. The second-order valence-electron chi connectivity index (χ2n) is 9.76. The van der Waals surface area contributed by atoms with Crippen LogP contribution in [0.2, 0.25) is 19.6 Å². The molecule has 1 N–H and O–H groups in total. The highest BCUT2D eigenvalue weighted by atomic mass is 28.3. The number of hydrogen-bond acceptors (Lipinski definition) is 6. The maximum absolute atomic E-state index is 6.00. The van der Waals surface area contributed by atoms with Gasteiger partial charge < -0.3 is 19.5 Å². The molecular formula is C24H39N3O3Si. The summed E-state index contributed by atoms with van der Waals surface area (Å²) in [7, 11) is 0.182. The van der Waals surface area contributed by atoms with Crippen LogP contribution in [0.25, 0.3) is 0 Å². The van der Waals surface area contributed by atoms with Crippen LogP contribution in [0.3, 0.4) is 0 Å². The van der Waals surface area contributed by atoms with Crippen LogP contribution in [0.1, 0.15) is 45.2 Å². The van der Waals surface area contributed by atoms with Crippen LogP contribution >= 0.6 is 0 Å². The Balaban J connectivity index is 1.96. The molecule has 0 saturated carbocycles. The molecule has 2 aliphatic rings. The van der Waals surface area contributed by atoms with Crippen molar-refractivity contribution in [3.63, 3.8) is 0 Å². The molecule has 0 fully saturated rings. The third-order valence-corrected chi connectivity index (χ3v) is 8.61. The van der Waals surface area contributed by atoms with Gasteiger partial charge in [-0.1, -0.05) is 39.6 Å². The van der Waals surface area contributed by atoms with E-state index in [-0.39, 0.29) is 18.1 Å². The highest BCUT2D eigenvalue weighted by Crippen LogP contribution is 2.47. The molecule has 7 heteroatoms. The quantitative estimate of drug-likeness (QED) is 0.592. The van der Waals surface area contributed by atoms with Crippen LogP contribution in [0, 0.1) is 5.92 Å². The van der Waals surface area contributed by atoms with E-state index in [2.05, 4.69) is 57.0 Å². The fraction of sp³-hybridized carbons (Fsp3) is 0.667. The molecule has 0 amide bonds. The van der Waals surface area contributed by atoms with E-state index >= 15 is 0 Å². The van der Waals surface area contributed by atoms with E-state index in [4.69, 9.17) is 24.2 Å². The summed E-state index contributed by atoms with van der Waals surface area (Å²) >= 11 is 0. The summed E-state index contributed by atoms with van der Waals surface area (Å²) in [5.74, 6) is 2.75. The topological polar surface area (TPSA) is 64.4 Å². The Bertz CT molecular complexity index is 832. The first-order valence-electron chi connectivity index (χ1n) is 11.6. The molecule has 0 saturated heterocycles. The van der Waals surface area contributed by atoms with E-state index in [1.165, 1.54) is 11.3 Å². The molecule has 1 aromatic carbocycles. The molecule has 6 nitrogen and oxygen atoms in total. The molecule has 1 aromatic rings. The van der Waals surface area contributed by atoms with Crippen molar-refractivity contribution in [1.82, 2.24) is 0 Å². The lowest BCUT2D eigenvalue weighted by Gasteiger charge is -2.34.